The summed E-state index contributed by atoms with van der Waals surface area (Å²) in [6.07, 6.45) is -21.1. The summed E-state index contributed by atoms with van der Waals surface area (Å²) in [7, 11) is 2.59. The van der Waals surface area contributed by atoms with Crippen LogP contribution >= 0.6 is 0 Å². The highest BCUT2D eigenvalue weighted by Gasteiger charge is 2.52. The highest BCUT2D eigenvalue weighted by atomic mass is 16.8. The van der Waals surface area contributed by atoms with E-state index in [0.29, 0.717) is 11.1 Å². The van der Waals surface area contributed by atoms with Gasteiger partial charge >= 0.3 is 11.9 Å². The molecule has 3 fully saturated rings. The molecule has 3 saturated heterocycles. The Hall–Kier alpha value is -7.37. The third kappa shape index (κ3) is 12.7. The van der Waals surface area contributed by atoms with Crippen LogP contribution in [0.3, 0.4) is 0 Å². The van der Waals surface area contributed by atoms with Gasteiger partial charge < -0.3 is 108 Å². The van der Waals surface area contributed by atoms with E-state index in [1.54, 1.807) is 0 Å². The zero-order chi connectivity index (χ0) is 55.2. The van der Waals surface area contributed by atoms with Gasteiger partial charge in [0.1, 0.15) is 84.6 Å². The van der Waals surface area contributed by atoms with Crippen molar-refractivity contribution in [2.24, 2.45) is 0 Å². The second-order valence-corrected chi connectivity index (χ2v) is 17.7. The largest absolute Gasteiger partial charge is 0.508 e. The number of carbonyl (C=O) groups is 2. The van der Waals surface area contributed by atoms with Crippen LogP contribution in [0.15, 0.2) is 100 Å². The first-order chi connectivity index (χ1) is 36.8. The van der Waals surface area contributed by atoms with Crippen molar-refractivity contribution >= 4 is 24.1 Å². The molecule has 11 N–H and O–H groups in total. The molecule has 3 aromatic carbocycles. The number of hydrogen-bond donors (Lipinski definition) is 11. The van der Waals surface area contributed by atoms with Crippen molar-refractivity contribution in [1.29, 1.82) is 0 Å². The van der Waals surface area contributed by atoms with Gasteiger partial charge in [0.25, 0.3) is 0 Å². The number of fused-ring (bicyclic) bond motifs is 1. The number of hydrogen-bond acceptors (Lipinski definition) is 25. The van der Waals surface area contributed by atoms with Gasteiger partial charge in [-0.15, -0.1) is 0 Å². The number of methoxy groups -OCH3 is 2. The van der Waals surface area contributed by atoms with Crippen LogP contribution in [0.25, 0.3) is 34.8 Å². The summed E-state index contributed by atoms with van der Waals surface area (Å²) in [4.78, 5) is 39.5. The number of ether oxygens (including phenoxy) is 10. The van der Waals surface area contributed by atoms with Crippen molar-refractivity contribution in [3.05, 3.63) is 112 Å². The van der Waals surface area contributed by atoms with Gasteiger partial charge in [0.2, 0.25) is 18.3 Å². The number of rotatable bonds is 17. The maximum atomic E-state index is 13.4. The lowest BCUT2D eigenvalue weighted by Gasteiger charge is -2.45. The molecule has 0 radical (unpaired) electrons. The first-order valence-corrected chi connectivity index (χ1v) is 23.5. The van der Waals surface area contributed by atoms with Crippen molar-refractivity contribution in [2.45, 2.75) is 86.0 Å². The summed E-state index contributed by atoms with van der Waals surface area (Å²) < 4.78 is 63.5. The van der Waals surface area contributed by atoms with Crippen molar-refractivity contribution in [3.63, 3.8) is 0 Å². The molecule has 8 rings (SSSR count). The van der Waals surface area contributed by atoms with Crippen LogP contribution in [0.2, 0.25) is 0 Å². The molecule has 0 spiro atoms. The molecule has 4 heterocycles. The number of aliphatic hydroxyl groups excluding tert-OH is 8. The smallest absolute Gasteiger partial charge is 0.331 e. The maximum Gasteiger partial charge on any atom is 0.331 e. The molecule has 25 nitrogen and oxygen atoms in total. The molecule has 3 aromatic rings. The number of phenols is 3. The highest BCUT2D eigenvalue weighted by molar-refractivity contribution is 5.88. The Bertz CT molecular complexity index is 2900. The second-order valence-electron chi connectivity index (χ2n) is 17.7. The molecule has 14 unspecified atom stereocenters. The maximum absolute atomic E-state index is 13.4. The Morgan fingerprint density at radius 1 is 0.623 bits per heavy atom. The summed E-state index contributed by atoms with van der Waals surface area (Å²) in [5.41, 5.74) is 0.200. The number of esters is 2. The summed E-state index contributed by atoms with van der Waals surface area (Å²) in [6.45, 7) is -2.17. The molecular formula is C52H54O25. The number of phenolic OH excluding ortho intramolecular Hbond substituents is 3. The predicted octanol–water partition coefficient (Wildman–Crippen LogP) is -0.105. The summed E-state index contributed by atoms with van der Waals surface area (Å²) >= 11 is 0. The van der Waals surface area contributed by atoms with Gasteiger partial charge in [-0.1, -0.05) is 12.1 Å². The molecule has 14 atom stereocenters. The van der Waals surface area contributed by atoms with E-state index in [1.807, 2.05) is 0 Å². The molecule has 0 aromatic heterocycles. The quantitative estimate of drug-likeness (QED) is 0.0428. The molecule has 0 bridgehead atoms. The van der Waals surface area contributed by atoms with Gasteiger partial charge in [-0.2, -0.15) is 0 Å². The molecule has 412 valence electrons. The molecule has 77 heavy (non-hydrogen) atoms. The third-order valence-electron chi connectivity index (χ3n) is 12.5. The van der Waals surface area contributed by atoms with Crippen molar-refractivity contribution in [3.8, 4) is 62.9 Å². The van der Waals surface area contributed by atoms with Crippen molar-refractivity contribution in [2.75, 3.05) is 34.0 Å². The van der Waals surface area contributed by atoms with E-state index in [4.69, 9.17) is 51.8 Å². The summed E-state index contributed by atoms with van der Waals surface area (Å²) in [5.74, 6) is -3.60. The number of carbonyl (C=O) groups excluding carboxylic acids is 2. The Morgan fingerprint density at radius 2 is 1.23 bits per heavy atom. The Labute approximate surface area is 436 Å². The minimum Gasteiger partial charge on any atom is -0.508 e. The summed E-state index contributed by atoms with van der Waals surface area (Å²) in [5, 5.41) is 117. The second kappa shape index (κ2) is 24.3. The minimum atomic E-state index is -2.09. The Kier molecular flexibility index (Phi) is 17.6. The number of aliphatic hydroxyl groups is 8. The standard InChI is InChI=1S/C52H54O25/c1-67-33-15-24(16-34(68-2)41(33)61)6-14-39(59)76-48-40(60)30(57)21-70-51(48)77-49-45(65)43(63)37(22-69-38(58)13-5-23-3-9-26(54)10-4-23)75-52(49)73-35-19-29-31(71-47(35)25-7-11-27(55)12-8-25)17-28(56)18-32(29)72-50-46(66)44(64)42(62)36(20-53)74-50/h3-19,30,36-37,40,42-46,48-55,57,60-66H,20-22H2,1-2H3. The Morgan fingerprint density at radius 3 is 1.90 bits per heavy atom. The van der Waals surface area contributed by atoms with E-state index in [0.717, 1.165) is 24.3 Å². The molecule has 0 amide bonds. The lowest BCUT2D eigenvalue weighted by Crippen LogP contribution is -2.64. The van der Waals surface area contributed by atoms with E-state index < -0.39 is 123 Å². The van der Waals surface area contributed by atoms with Crippen LogP contribution in [0.5, 0.6) is 40.2 Å². The van der Waals surface area contributed by atoms with Crippen molar-refractivity contribution < 1.29 is 118 Å². The van der Waals surface area contributed by atoms with Gasteiger partial charge in [-0.3, -0.25) is 4.79 Å². The van der Waals surface area contributed by atoms with Crippen LogP contribution in [-0.4, -0.2) is 188 Å². The SMILES string of the molecule is COc1cc(C=CC(=O)OC2C(OC3C(Oc4cc5c(OC6OC(CO)C(O)C(O)C6O)cc(=O)cc-5oc4-c4ccc(O)cc4)OC(COC(=O)C=Cc4ccc(O)cc4)C(O)C3O)OCC(O)C2O)cc(OC)c1O. The fourth-order valence-corrected chi connectivity index (χ4v) is 8.33. The normalized spacial score (nSPS) is 28.5. The van der Waals surface area contributed by atoms with Gasteiger partial charge in [-0.25, -0.2) is 9.59 Å². The summed E-state index contributed by atoms with van der Waals surface area (Å²) in [6, 6.07) is 17.2. The molecule has 1 aliphatic carbocycles. The topological polar surface area (TPSA) is 379 Å². The zero-order valence-electron chi connectivity index (χ0n) is 40.7. The van der Waals surface area contributed by atoms with Gasteiger partial charge in [0.05, 0.1) is 33.0 Å². The van der Waals surface area contributed by atoms with Crippen LogP contribution in [0, 0.1) is 0 Å². The zero-order valence-corrected chi connectivity index (χ0v) is 40.7. The van der Waals surface area contributed by atoms with Crippen molar-refractivity contribution in [1.82, 2.24) is 0 Å². The molecule has 4 aliphatic heterocycles. The van der Waals surface area contributed by atoms with E-state index in [1.165, 1.54) is 93.1 Å². The van der Waals surface area contributed by atoms with E-state index in [2.05, 4.69) is 0 Å². The molecule has 5 aliphatic rings. The Balaban J connectivity index is 1.15. The molecular weight excluding hydrogens is 1020 g/mol. The van der Waals surface area contributed by atoms with E-state index >= 15 is 0 Å². The van der Waals surface area contributed by atoms with E-state index in [-0.39, 0.29) is 62.9 Å². The van der Waals surface area contributed by atoms with E-state index in [9.17, 15) is 70.6 Å². The number of aromatic hydroxyl groups is 3. The van der Waals surface area contributed by atoms with Crippen LogP contribution in [0.1, 0.15) is 11.1 Å². The first-order valence-electron chi connectivity index (χ1n) is 23.5. The van der Waals surface area contributed by atoms with Gasteiger partial charge in [-0.05, 0) is 77.9 Å². The minimum absolute atomic E-state index is 0.00567. The monoisotopic (exact) mass is 1080 g/mol. The predicted molar refractivity (Wildman–Crippen MR) is 259 cm³/mol. The number of benzene rings is 4. The first kappa shape index (κ1) is 55.9. The average Bonchev–Trinajstić information content (AvgIpc) is 3.45. The third-order valence-corrected chi connectivity index (χ3v) is 12.5. The lowest BCUT2D eigenvalue weighted by atomic mass is 9.98. The van der Waals surface area contributed by atoms with Crippen LogP contribution < -0.4 is 24.4 Å². The fourth-order valence-electron chi connectivity index (χ4n) is 8.33. The fraction of sp³-hybridized carbons (Fsp3) is 0.365. The molecule has 25 heteroatoms. The van der Waals surface area contributed by atoms with Gasteiger partial charge in [0, 0.05) is 29.8 Å². The average molecular weight is 1080 g/mol. The molecule has 0 saturated carbocycles. The van der Waals surface area contributed by atoms with Crippen LogP contribution in [-0.2, 0) is 38.0 Å². The lowest BCUT2D eigenvalue weighted by molar-refractivity contribution is -0.345. The highest BCUT2D eigenvalue weighted by Crippen LogP contribution is 2.44. The van der Waals surface area contributed by atoms with Gasteiger partial charge in [0.15, 0.2) is 46.9 Å². The van der Waals surface area contributed by atoms with Crippen LogP contribution in [0.4, 0.5) is 0 Å².